The molecule has 1 amide bonds. The summed E-state index contributed by atoms with van der Waals surface area (Å²) < 4.78 is 1.23. The van der Waals surface area contributed by atoms with Gasteiger partial charge in [0.2, 0.25) is 5.91 Å². The topological polar surface area (TPSA) is 29.1 Å². The van der Waals surface area contributed by atoms with Crippen molar-refractivity contribution in [3.8, 4) is 0 Å². The maximum Gasteiger partial charge on any atom is 0.220 e. The predicted octanol–water partition coefficient (Wildman–Crippen LogP) is 2.50. The monoisotopic (exact) mass is 315 g/mol. The van der Waals surface area contributed by atoms with E-state index < -0.39 is 0 Å². The minimum Gasteiger partial charge on any atom is -0.353 e. The normalized spacial score (nSPS) is 15.0. The number of benzene rings is 1. The van der Waals surface area contributed by atoms with Crippen LogP contribution in [0.15, 0.2) is 24.3 Å². The van der Waals surface area contributed by atoms with Crippen molar-refractivity contribution < 1.29 is 4.79 Å². The van der Waals surface area contributed by atoms with Gasteiger partial charge in [-0.05, 0) is 59.5 Å². The fourth-order valence-electron chi connectivity index (χ4n) is 1.44. The summed E-state index contributed by atoms with van der Waals surface area (Å²) in [7, 11) is 0. The Kier molecular flexibility index (Phi) is 3.61. The number of rotatable bonds is 4. The lowest BCUT2D eigenvalue weighted by Gasteiger charge is -2.03. The van der Waals surface area contributed by atoms with Crippen LogP contribution in [0.4, 0.5) is 0 Å². The Morgan fingerprint density at radius 3 is 2.60 bits per heavy atom. The summed E-state index contributed by atoms with van der Waals surface area (Å²) >= 11 is 2.28. The van der Waals surface area contributed by atoms with Crippen LogP contribution in [0.2, 0.25) is 0 Å². The second kappa shape index (κ2) is 4.96. The van der Waals surface area contributed by atoms with Crippen molar-refractivity contribution in [1.29, 1.82) is 0 Å². The van der Waals surface area contributed by atoms with E-state index in [-0.39, 0.29) is 5.91 Å². The average molecular weight is 315 g/mol. The lowest BCUT2D eigenvalue weighted by atomic mass is 10.1. The van der Waals surface area contributed by atoms with Crippen molar-refractivity contribution in [2.45, 2.75) is 31.7 Å². The SMILES string of the molecule is O=C(CCc1ccc(I)cc1)NC1CC1. The van der Waals surface area contributed by atoms with Crippen molar-refractivity contribution in [3.63, 3.8) is 0 Å². The molecule has 1 aromatic rings. The highest BCUT2D eigenvalue weighted by Gasteiger charge is 2.22. The first-order chi connectivity index (χ1) is 7.24. The van der Waals surface area contributed by atoms with Crippen LogP contribution in [0.1, 0.15) is 24.8 Å². The number of carbonyl (C=O) groups is 1. The molecule has 1 aromatic carbocycles. The first kappa shape index (κ1) is 10.9. The van der Waals surface area contributed by atoms with Crippen LogP contribution in [-0.2, 0) is 11.2 Å². The lowest BCUT2D eigenvalue weighted by Crippen LogP contribution is -2.25. The third kappa shape index (κ3) is 3.81. The Balaban J connectivity index is 1.76. The van der Waals surface area contributed by atoms with E-state index in [9.17, 15) is 4.79 Å². The van der Waals surface area contributed by atoms with Crippen molar-refractivity contribution in [1.82, 2.24) is 5.32 Å². The molecule has 1 saturated carbocycles. The Hall–Kier alpha value is -0.580. The molecule has 1 fully saturated rings. The predicted molar refractivity (Wildman–Crippen MR) is 68.6 cm³/mol. The van der Waals surface area contributed by atoms with Crippen LogP contribution in [0.3, 0.4) is 0 Å². The Labute approximate surface area is 104 Å². The largest absolute Gasteiger partial charge is 0.353 e. The fourth-order valence-corrected chi connectivity index (χ4v) is 1.80. The van der Waals surface area contributed by atoms with Crippen LogP contribution >= 0.6 is 22.6 Å². The molecule has 0 spiro atoms. The van der Waals surface area contributed by atoms with Gasteiger partial charge in [-0.25, -0.2) is 0 Å². The second-order valence-electron chi connectivity index (χ2n) is 3.97. The molecule has 0 aromatic heterocycles. The molecule has 1 aliphatic rings. The Morgan fingerprint density at radius 1 is 1.33 bits per heavy atom. The summed E-state index contributed by atoms with van der Waals surface area (Å²) in [5.41, 5.74) is 1.24. The number of nitrogens with one attached hydrogen (secondary N) is 1. The van der Waals surface area contributed by atoms with Gasteiger partial charge in [0.05, 0.1) is 0 Å². The van der Waals surface area contributed by atoms with Crippen molar-refractivity contribution >= 4 is 28.5 Å². The van der Waals surface area contributed by atoms with Gasteiger partial charge in [0.25, 0.3) is 0 Å². The van der Waals surface area contributed by atoms with E-state index in [4.69, 9.17) is 0 Å². The molecule has 0 aliphatic heterocycles. The van der Waals surface area contributed by atoms with Crippen molar-refractivity contribution in [2.24, 2.45) is 0 Å². The zero-order valence-electron chi connectivity index (χ0n) is 8.50. The molecular formula is C12H14INO. The van der Waals surface area contributed by atoms with E-state index in [1.54, 1.807) is 0 Å². The molecular weight excluding hydrogens is 301 g/mol. The third-order valence-electron chi connectivity index (χ3n) is 2.50. The summed E-state index contributed by atoms with van der Waals surface area (Å²) in [6, 6.07) is 8.82. The smallest absolute Gasteiger partial charge is 0.220 e. The molecule has 2 nitrogen and oxygen atoms in total. The lowest BCUT2D eigenvalue weighted by molar-refractivity contribution is -0.121. The fraction of sp³-hybridized carbons (Fsp3) is 0.417. The molecule has 0 atom stereocenters. The van der Waals surface area contributed by atoms with Gasteiger partial charge in [-0.1, -0.05) is 12.1 Å². The van der Waals surface area contributed by atoms with Gasteiger partial charge < -0.3 is 5.32 Å². The number of carbonyl (C=O) groups excluding carboxylic acids is 1. The molecule has 0 bridgehead atoms. The van der Waals surface area contributed by atoms with E-state index in [0.29, 0.717) is 12.5 Å². The average Bonchev–Trinajstić information content (AvgIpc) is 3.01. The first-order valence-electron chi connectivity index (χ1n) is 5.28. The van der Waals surface area contributed by atoms with Gasteiger partial charge in [-0.2, -0.15) is 0 Å². The van der Waals surface area contributed by atoms with E-state index >= 15 is 0 Å². The molecule has 0 saturated heterocycles. The number of hydrogen-bond acceptors (Lipinski definition) is 1. The number of hydrogen-bond donors (Lipinski definition) is 1. The standard InChI is InChI=1S/C12H14INO/c13-10-4-1-9(2-5-10)3-8-12(15)14-11-6-7-11/h1-2,4-5,11H,3,6-8H2,(H,14,15). The highest BCUT2D eigenvalue weighted by atomic mass is 127. The van der Waals surface area contributed by atoms with E-state index in [2.05, 4.69) is 52.2 Å². The molecule has 2 rings (SSSR count). The minimum absolute atomic E-state index is 0.191. The van der Waals surface area contributed by atoms with Gasteiger partial charge in [-0.3, -0.25) is 4.79 Å². The van der Waals surface area contributed by atoms with Gasteiger partial charge in [0.1, 0.15) is 0 Å². The summed E-state index contributed by atoms with van der Waals surface area (Å²) in [5, 5.41) is 3.00. The molecule has 80 valence electrons. The zero-order chi connectivity index (χ0) is 10.7. The minimum atomic E-state index is 0.191. The van der Waals surface area contributed by atoms with Crippen LogP contribution < -0.4 is 5.32 Å². The maximum atomic E-state index is 11.4. The highest BCUT2D eigenvalue weighted by molar-refractivity contribution is 14.1. The molecule has 0 heterocycles. The molecule has 15 heavy (non-hydrogen) atoms. The number of amides is 1. The highest BCUT2D eigenvalue weighted by Crippen LogP contribution is 2.18. The van der Waals surface area contributed by atoms with E-state index in [0.717, 1.165) is 19.3 Å². The van der Waals surface area contributed by atoms with Crippen LogP contribution in [0.25, 0.3) is 0 Å². The molecule has 1 aliphatic carbocycles. The summed E-state index contributed by atoms with van der Waals surface area (Å²) in [6.07, 6.45) is 3.77. The summed E-state index contributed by atoms with van der Waals surface area (Å²) in [6.45, 7) is 0. The van der Waals surface area contributed by atoms with Gasteiger partial charge >= 0.3 is 0 Å². The maximum absolute atomic E-state index is 11.4. The van der Waals surface area contributed by atoms with Gasteiger partial charge in [0.15, 0.2) is 0 Å². The number of aryl methyl sites for hydroxylation is 1. The van der Waals surface area contributed by atoms with Gasteiger partial charge in [-0.15, -0.1) is 0 Å². The zero-order valence-corrected chi connectivity index (χ0v) is 10.7. The van der Waals surface area contributed by atoms with Crippen LogP contribution in [0, 0.1) is 3.57 Å². The summed E-state index contributed by atoms with van der Waals surface area (Å²) in [4.78, 5) is 11.4. The van der Waals surface area contributed by atoms with Crippen molar-refractivity contribution in [3.05, 3.63) is 33.4 Å². The third-order valence-corrected chi connectivity index (χ3v) is 3.22. The molecule has 0 unspecified atom stereocenters. The molecule has 3 heteroatoms. The summed E-state index contributed by atoms with van der Waals surface area (Å²) in [5.74, 6) is 0.191. The van der Waals surface area contributed by atoms with Crippen molar-refractivity contribution in [2.75, 3.05) is 0 Å². The number of halogens is 1. The van der Waals surface area contributed by atoms with E-state index in [1.165, 1.54) is 9.13 Å². The quantitative estimate of drug-likeness (QED) is 0.850. The molecule has 1 N–H and O–H groups in total. The van der Waals surface area contributed by atoms with Crippen LogP contribution in [0.5, 0.6) is 0 Å². The Morgan fingerprint density at radius 2 is 2.00 bits per heavy atom. The molecule has 0 radical (unpaired) electrons. The van der Waals surface area contributed by atoms with Crippen LogP contribution in [-0.4, -0.2) is 11.9 Å². The first-order valence-corrected chi connectivity index (χ1v) is 6.36. The van der Waals surface area contributed by atoms with E-state index in [1.807, 2.05) is 0 Å². The van der Waals surface area contributed by atoms with Gasteiger partial charge in [0, 0.05) is 16.0 Å². The Bertz CT molecular complexity index is 343. The second-order valence-corrected chi connectivity index (χ2v) is 5.21.